The van der Waals surface area contributed by atoms with Gasteiger partial charge in [-0.25, -0.2) is 0 Å². The molecule has 1 aliphatic rings. The second-order valence-corrected chi connectivity index (χ2v) is 14.3. The van der Waals surface area contributed by atoms with Crippen LogP contribution in [0.15, 0.2) is 24.3 Å². The molecule has 1 aromatic carbocycles. The Morgan fingerprint density at radius 1 is 0.673 bits per heavy atom. The van der Waals surface area contributed by atoms with Crippen molar-refractivity contribution in [3.05, 3.63) is 35.4 Å². The van der Waals surface area contributed by atoms with Gasteiger partial charge in [-0.1, -0.05) is 93.0 Å². The molecule has 0 radical (unpaired) electrons. The fourth-order valence-electron chi connectivity index (χ4n) is 5.95. The molecule has 14 N–H and O–H groups in total. The van der Waals surface area contributed by atoms with Crippen molar-refractivity contribution in [2.24, 2.45) is 52.0 Å². The summed E-state index contributed by atoms with van der Waals surface area (Å²) in [4.78, 5) is 10.7. The highest BCUT2D eigenvalue weighted by Crippen LogP contribution is 2.28. The summed E-state index contributed by atoms with van der Waals surface area (Å²) in [5.74, 6) is 2.37. The summed E-state index contributed by atoms with van der Waals surface area (Å²) < 4.78 is 10.7. The van der Waals surface area contributed by atoms with Crippen LogP contribution in [-0.4, -0.2) is 136 Å². The van der Waals surface area contributed by atoms with Gasteiger partial charge in [0, 0.05) is 86.5 Å². The maximum absolute atomic E-state index is 5.61. The number of hydrogen-bond acceptors (Lipinski definition) is 14. The molecule has 1 saturated heterocycles. The maximum Gasteiger partial charge on any atom is 0.0696 e. The van der Waals surface area contributed by atoms with Crippen LogP contribution in [0, 0.1) is 11.8 Å². The van der Waals surface area contributed by atoms with E-state index in [-0.39, 0.29) is 7.43 Å². The number of hydrogen-bond donors (Lipinski definition) is 7. The second kappa shape index (κ2) is 38.2. The lowest BCUT2D eigenvalue weighted by Gasteiger charge is -2.24. The Morgan fingerprint density at radius 3 is 1.53 bits per heavy atom. The molecule has 330 valence electrons. The Balaban J connectivity index is -0.000000660. The van der Waals surface area contributed by atoms with Gasteiger partial charge in [0.25, 0.3) is 0 Å². The molecule has 0 aliphatic carbocycles. The van der Waals surface area contributed by atoms with Crippen LogP contribution in [0.5, 0.6) is 0 Å². The summed E-state index contributed by atoms with van der Waals surface area (Å²) in [5, 5.41) is 0. The van der Waals surface area contributed by atoms with E-state index in [1.54, 1.807) is 7.11 Å². The molecule has 1 aliphatic heterocycles. The van der Waals surface area contributed by atoms with Crippen LogP contribution in [0.25, 0.3) is 0 Å². The highest BCUT2D eigenvalue weighted by atomic mass is 16.5. The smallest absolute Gasteiger partial charge is 0.0696 e. The average Bonchev–Trinajstić information content (AvgIpc) is 3.63. The number of likely N-dealkylation sites (tertiary alicyclic amines) is 1. The number of methoxy groups -OCH3 is 1. The molecule has 14 heteroatoms. The number of rotatable bonds is 25. The maximum atomic E-state index is 5.61. The van der Waals surface area contributed by atoms with Gasteiger partial charge in [-0.2, -0.15) is 0 Å². The van der Waals surface area contributed by atoms with E-state index in [0.717, 1.165) is 57.5 Å². The van der Waals surface area contributed by atoms with Crippen LogP contribution in [0.2, 0.25) is 0 Å². The van der Waals surface area contributed by atoms with Crippen molar-refractivity contribution in [3.63, 3.8) is 0 Å². The molecule has 0 saturated carbocycles. The molecule has 5 unspecified atom stereocenters. The number of ether oxygens (including phenoxy) is 2. The van der Waals surface area contributed by atoms with E-state index in [4.69, 9.17) is 49.6 Å². The molecule has 0 bridgehead atoms. The lowest BCUT2D eigenvalue weighted by molar-refractivity contribution is 0.0471. The van der Waals surface area contributed by atoms with Crippen molar-refractivity contribution in [2.45, 2.75) is 120 Å². The minimum absolute atomic E-state index is 0. The molecule has 0 spiro atoms. The lowest BCUT2D eigenvalue weighted by Crippen LogP contribution is -2.43. The van der Waals surface area contributed by atoms with Crippen LogP contribution < -0.4 is 40.1 Å². The van der Waals surface area contributed by atoms with Gasteiger partial charge in [0.05, 0.1) is 25.5 Å². The molecule has 1 fully saturated rings. The van der Waals surface area contributed by atoms with Crippen molar-refractivity contribution in [1.82, 2.24) is 24.5 Å². The summed E-state index contributed by atoms with van der Waals surface area (Å²) in [7, 11) is 1.75. The Labute approximate surface area is 340 Å². The van der Waals surface area contributed by atoms with Gasteiger partial charge in [0.15, 0.2) is 0 Å². The van der Waals surface area contributed by atoms with Crippen LogP contribution in [0.3, 0.4) is 0 Å². The summed E-state index contributed by atoms with van der Waals surface area (Å²) >= 11 is 0. The largest absolute Gasteiger partial charge is 0.380 e. The van der Waals surface area contributed by atoms with E-state index in [0.29, 0.717) is 71.4 Å². The highest BCUT2D eigenvalue weighted by molar-refractivity contribution is 5.25. The predicted molar refractivity (Wildman–Crippen MR) is 237 cm³/mol. The van der Waals surface area contributed by atoms with Gasteiger partial charge in [-0.05, 0) is 61.6 Å². The van der Waals surface area contributed by atoms with Crippen LogP contribution in [0.1, 0.15) is 112 Å². The molecular weight excluding hydrogens is 693 g/mol. The van der Waals surface area contributed by atoms with E-state index < -0.39 is 0 Å². The van der Waals surface area contributed by atoms with E-state index in [1.165, 1.54) is 43.5 Å². The molecule has 55 heavy (non-hydrogen) atoms. The summed E-state index contributed by atoms with van der Waals surface area (Å²) in [6.45, 7) is 28.8. The molecule has 0 amide bonds. The minimum Gasteiger partial charge on any atom is -0.380 e. The van der Waals surface area contributed by atoms with Crippen molar-refractivity contribution in [1.29, 1.82) is 0 Å². The normalized spacial score (nSPS) is 17.2. The van der Waals surface area contributed by atoms with Gasteiger partial charge < -0.3 is 49.6 Å². The van der Waals surface area contributed by atoms with Crippen LogP contribution in [-0.2, 0) is 16.0 Å². The molecule has 14 nitrogen and oxygen atoms in total. The van der Waals surface area contributed by atoms with E-state index in [1.807, 2.05) is 9.80 Å². The molecule has 2 rings (SSSR count). The number of nitrogens with zero attached hydrogens (tertiary/aromatic N) is 5. The number of likely N-dealkylation sites (N-methyl/N-ethyl adjacent to an activating group) is 1. The van der Waals surface area contributed by atoms with Crippen molar-refractivity contribution in [3.8, 4) is 0 Å². The molecule has 0 aromatic heterocycles. The van der Waals surface area contributed by atoms with E-state index in [9.17, 15) is 0 Å². The molecular formula is C41H94N12O2. The van der Waals surface area contributed by atoms with E-state index in [2.05, 4.69) is 94.4 Å². The second-order valence-electron chi connectivity index (χ2n) is 14.3. The fraction of sp³-hybridized carbons (Fsp3) is 0.854. The van der Waals surface area contributed by atoms with Gasteiger partial charge >= 0.3 is 0 Å². The zero-order chi connectivity index (χ0) is 41.3. The Bertz CT molecular complexity index is 893. The van der Waals surface area contributed by atoms with E-state index >= 15 is 0 Å². The summed E-state index contributed by atoms with van der Waals surface area (Å²) in [6.07, 6.45) is 6.52. The number of benzene rings is 1. The Kier molecular flexibility index (Phi) is 40.3. The minimum atomic E-state index is 0. The van der Waals surface area contributed by atoms with Crippen molar-refractivity contribution in [2.75, 3.05) is 99.8 Å². The molecule has 1 aromatic rings. The molecule has 5 atom stereocenters. The first-order valence-electron chi connectivity index (χ1n) is 20.7. The highest BCUT2D eigenvalue weighted by Gasteiger charge is 2.30. The SMILES string of the molecule is C.CCC(C)OCCN(CN)CN.CCC(C)c1ccc(CN(CN)CN)cc1.CCC(CN(CC)CN)OC.CCC1CN(CN(CN)CN)CC1CC. The predicted octanol–water partition coefficient (Wildman–Crippen LogP) is 3.50. The Hall–Kier alpha value is -1.34. The Morgan fingerprint density at radius 2 is 1.16 bits per heavy atom. The first-order chi connectivity index (χ1) is 26.0. The monoisotopic (exact) mass is 787 g/mol. The standard InChI is InChI=1S/C13H23N3.C11H26N4.C8H21N3O.C8H20N2O.CH4/c1-3-11(2)13-6-4-12(5-7-13)8-16(9-14)10-15;1-3-10-5-14(6-11(10)4-2)9-15(7-12)8-13;1-3-8(2)12-5-4-11(6-9)7-10;1-4-8(11-3)6-10(5-2)7-9;/h4-7,11H,3,8-10,14-15H2,1-2H3;10-11H,3-9,12-13H2,1-2H3;8H,3-7,9-10H2,1-2H3;8H,4-7,9H2,1-3H3;1H4. The van der Waals surface area contributed by atoms with Gasteiger partial charge in [0.2, 0.25) is 0 Å². The van der Waals surface area contributed by atoms with Gasteiger partial charge in [0.1, 0.15) is 0 Å². The molecule has 1 heterocycles. The average molecular weight is 787 g/mol. The summed E-state index contributed by atoms with van der Waals surface area (Å²) in [5.41, 5.74) is 41.4. The third-order valence-electron chi connectivity index (χ3n) is 10.6. The van der Waals surface area contributed by atoms with Crippen LogP contribution >= 0.6 is 0 Å². The number of nitrogens with two attached hydrogens (primary N) is 7. The summed E-state index contributed by atoms with van der Waals surface area (Å²) in [6, 6.07) is 8.74. The fourth-order valence-corrected chi connectivity index (χ4v) is 5.95. The van der Waals surface area contributed by atoms with Crippen LogP contribution in [0.4, 0.5) is 0 Å². The quantitative estimate of drug-likeness (QED) is 0.0707. The zero-order valence-electron chi connectivity index (χ0n) is 36.4. The zero-order valence-corrected chi connectivity index (χ0v) is 36.4. The lowest BCUT2D eigenvalue weighted by atomic mass is 9.92. The van der Waals surface area contributed by atoms with Gasteiger partial charge in [-0.3, -0.25) is 24.5 Å². The van der Waals surface area contributed by atoms with Crippen molar-refractivity contribution >= 4 is 0 Å². The first kappa shape index (κ1) is 58.0. The first-order valence-corrected chi connectivity index (χ1v) is 20.7. The third kappa shape index (κ3) is 27.1. The third-order valence-corrected chi connectivity index (χ3v) is 10.6. The topological polar surface area (TPSA) is 217 Å². The van der Waals surface area contributed by atoms with Gasteiger partial charge in [-0.15, -0.1) is 0 Å². The van der Waals surface area contributed by atoms with Crippen molar-refractivity contribution < 1.29 is 9.47 Å².